The van der Waals surface area contributed by atoms with E-state index in [1.807, 2.05) is 4.90 Å². The highest BCUT2D eigenvalue weighted by Crippen LogP contribution is 2.25. The number of anilines is 1. The minimum absolute atomic E-state index is 0.140. The van der Waals surface area contributed by atoms with Crippen molar-refractivity contribution in [2.45, 2.75) is 19.8 Å². The molecule has 0 amide bonds. The van der Waals surface area contributed by atoms with Gasteiger partial charge < -0.3 is 10.0 Å². The van der Waals surface area contributed by atoms with Crippen LogP contribution < -0.4 is 4.90 Å². The standard InChI is InChI=1S/C15H17FN4O2/c1-10-6-8-19(9-7-10)14-13(15(21)22)17-20(18-14)12-5-3-2-4-11(12)16/h2-5,10H,6-9H2,1H3,(H,21,22). The molecule has 116 valence electrons. The summed E-state index contributed by atoms with van der Waals surface area (Å²) < 4.78 is 13.8. The fourth-order valence-corrected chi connectivity index (χ4v) is 2.59. The predicted octanol–water partition coefficient (Wildman–Crippen LogP) is 2.34. The highest BCUT2D eigenvalue weighted by Gasteiger charge is 2.26. The molecule has 1 aromatic heterocycles. The fourth-order valence-electron chi connectivity index (χ4n) is 2.59. The number of carboxylic acids is 1. The van der Waals surface area contributed by atoms with Crippen LogP contribution in [0.5, 0.6) is 0 Å². The number of halogens is 1. The third-order valence-corrected chi connectivity index (χ3v) is 3.95. The van der Waals surface area contributed by atoms with Gasteiger partial charge >= 0.3 is 5.97 Å². The lowest BCUT2D eigenvalue weighted by atomic mass is 9.99. The van der Waals surface area contributed by atoms with E-state index in [1.54, 1.807) is 12.1 Å². The molecule has 2 heterocycles. The maximum Gasteiger partial charge on any atom is 0.360 e. The summed E-state index contributed by atoms with van der Waals surface area (Å²) in [5, 5.41) is 17.5. The van der Waals surface area contributed by atoms with Gasteiger partial charge in [0.25, 0.3) is 0 Å². The van der Waals surface area contributed by atoms with Gasteiger partial charge in [-0.2, -0.15) is 0 Å². The smallest absolute Gasteiger partial charge is 0.360 e. The Hall–Kier alpha value is -2.44. The lowest BCUT2D eigenvalue weighted by molar-refractivity contribution is 0.0690. The van der Waals surface area contributed by atoms with Crippen LogP contribution in [0.15, 0.2) is 24.3 Å². The first-order chi connectivity index (χ1) is 10.6. The van der Waals surface area contributed by atoms with Gasteiger partial charge in [-0.15, -0.1) is 15.0 Å². The molecule has 2 aromatic rings. The molecule has 7 heteroatoms. The quantitative estimate of drug-likeness (QED) is 0.942. The summed E-state index contributed by atoms with van der Waals surface area (Å²) in [4.78, 5) is 14.4. The zero-order valence-corrected chi connectivity index (χ0v) is 12.2. The second-order valence-corrected chi connectivity index (χ2v) is 5.59. The summed E-state index contributed by atoms with van der Waals surface area (Å²) >= 11 is 0. The van der Waals surface area contributed by atoms with Gasteiger partial charge in [0.2, 0.25) is 5.69 Å². The molecule has 3 rings (SSSR count). The van der Waals surface area contributed by atoms with Crippen LogP contribution >= 0.6 is 0 Å². The average Bonchev–Trinajstić information content (AvgIpc) is 2.93. The highest BCUT2D eigenvalue weighted by molar-refractivity contribution is 5.91. The Morgan fingerprint density at radius 3 is 2.59 bits per heavy atom. The summed E-state index contributed by atoms with van der Waals surface area (Å²) in [6, 6.07) is 6.03. The van der Waals surface area contributed by atoms with Gasteiger partial charge in [0.1, 0.15) is 5.69 Å². The zero-order valence-electron chi connectivity index (χ0n) is 12.2. The van der Waals surface area contributed by atoms with E-state index in [2.05, 4.69) is 17.1 Å². The van der Waals surface area contributed by atoms with Crippen molar-refractivity contribution in [2.75, 3.05) is 18.0 Å². The van der Waals surface area contributed by atoms with Gasteiger partial charge in [0, 0.05) is 13.1 Å². The van der Waals surface area contributed by atoms with E-state index in [9.17, 15) is 14.3 Å². The number of carboxylic acid groups (broad SMARTS) is 1. The second-order valence-electron chi connectivity index (χ2n) is 5.59. The molecule has 0 radical (unpaired) electrons. The number of aromatic nitrogens is 3. The van der Waals surface area contributed by atoms with Crippen LogP contribution in [0.3, 0.4) is 0 Å². The van der Waals surface area contributed by atoms with Crippen molar-refractivity contribution in [3.8, 4) is 5.69 Å². The topological polar surface area (TPSA) is 71.2 Å². The molecule has 0 unspecified atom stereocenters. The number of hydrogen-bond acceptors (Lipinski definition) is 4. The third-order valence-electron chi connectivity index (χ3n) is 3.95. The van der Waals surface area contributed by atoms with Gasteiger partial charge in [-0.3, -0.25) is 0 Å². The number of aromatic carboxylic acids is 1. The summed E-state index contributed by atoms with van der Waals surface area (Å²) in [6.45, 7) is 3.64. The van der Waals surface area contributed by atoms with Crippen LogP contribution in [0.4, 0.5) is 10.2 Å². The monoisotopic (exact) mass is 304 g/mol. The molecule has 0 bridgehead atoms. The highest BCUT2D eigenvalue weighted by atomic mass is 19.1. The lowest BCUT2D eigenvalue weighted by Crippen LogP contribution is -2.34. The summed E-state index contributed by atoms with van der Waals surface area (Å²) in [6.07, 6.45) is 1.96. The van der Waals surface area contributed by atoms with Crippen LogP contribution in [-0.2, 0) is 0 Å². The van der Waals surface area contributed by atoms with Crippen LogP contribution in [0.1, 0.15) is 30.3 Å². The fraction of sp³-hybridized carbons (Fsp3) is 0.400. The number of piperidine rings is 1. The van der Waals surface area contributed by atoms with Crippen molar-refractivity contribution < 1.29 is 14.3 Å². The molecule has 0 spiro atoms. The molecular weight excluding hydrogens is 287 g/mol. The van der Waals surface area contributed by atoms with E-state index in [1.165, 1.54) is 12.1 Å². The first-order valence-electron chi connectivity index (χ1n) is 7.26. The van der Waals surface area contributed by atoms with Gasteiger partial charge in [0.05, 0.1) is 0 Å². The number of nitrogens with zero attached hydrogens (tertiary/aromatic N) is 4. The molecule has 1 aliphatic rings. The third kappa shape index (κ3) is 2.66. The first-order valence-corrected chi connectivity index (χ1v) is 7.26. The SMILES string of the molecule is CC1CCN(c2nn(-c3ccccc3F)nc2C(=O)O)CC1. The van der Waals surface area contributed by atoms with Crippen molar-refractivity contribution in [1.82, 2.24) is 15.0 Å². The van der Waals surface area contributed by atoms with E-state index in [0.717, 1.165) is 30.7 Å². The van der Waals surface area contributed by atoms with Crippen molar-refractivity contribution >= 4 is 11.8 Å². The number of hydrogen-bond donors (Lipinski definition) is 1. The van der Waals surface area contributed by atoms with E-state index in [4.69, 9.17) is 0 Å². The van der Waals surface area contributed by atoms with Crippen LogP contribution in [0.25, 0.3) is 5.69 Å². The Morgan fingerprint density at radius 2 is 1.95 bits per heavy atom. The van der Waals surface area contributed by atoms with E-state index < -0.39 is 11.8 Å². The molecule has 6 nitrogen and oxygen atoms in total. The maximum atomic E-state index is 13.8. The van der Waals surface area contributed by atoms with Crippen molar-refractivity contribution in [2.24, 2.45) is 5.92 Å². The van der Waals surface area contributed by atoms with Crippen molar-refractivity contribution in [3.63, 3.8) is 0 Å². The first kappa shape index (κ1) is 14.5. The van der Waals surface area contributed by atoms with Gasteiger partial charge in [-0.25, -0.2) is 9.18 Å². The van der Waals surface area contributed by atoms with E-state index in [-0.39, 0.29) is 11.4 Å². The summed E-state index contributed by atoms with van der Waals surface area (Å²) in [5.74, 6) is -0.724. The zero-order chi connectivity index (χ0) is 15.7. The largest absolute Gasteiger partial charge is 0.476 e. The molecule has 1 fully saturated rings. The Bertz CT molecular complexity index is 693. The van der Waals surface area contributed by atoms with Gasteiger partial charge in [0.15, 0.2) is 11.6 Å². The number of rotatable bonds is 3. The Labute approximate surface area is 127 Å². The summed E-state index contributed by atoms with van der Waals surface area (Å²) in [5.41, 5.74) is -0.000524. The molecular formula is C15H17FN4O2. The van der Waals surface area contributed by atoms with Crippen molar-refractivity contribution in [1.29, 1.82) is 0 Å². The molecule has 0 saturated carbocycles. The Balaban J connectivity index is 2.00. The maximum absolute atomic E-state index is 13.8. The number of carbonyl (C=O) groups is 1. The van der Waals surface area contributed by atoms with E-state index in [0.29, 0.717) is 11.7 Å². The number of benzene rings is 1. The second kappa shape index (κ2) is 5.75. The molecule has 1 N–H and O–H groups in total. The van der Waals surface area contributed by atoms with E-state index >= 15 is 0 Å². The molecule has 22 heavy (non-hydrogen) atoms. The molecule has 1 aromatic carbocycles. The van der Waals surface area contributed by atoms with Crippen molar-refractivity contribution in [3.05, 3.63) is 35.8 Å². The van der Waals surface area contributed by atoms with Gasteiger partial charge in [-0.05, 0) is 30.9 Å². The van der Waals surface area contributed by atoms with Crippen LogP contribution in [-0.4, -0.2) is 39.2 Å². The minimum Gasteiger partial charge on any atom is -0.476 e. The van der Waals surface area contributed by atoms with Crippen LogP contribution in [0, 0.1) is 11.7 Å². The molecule has 1 aliphatic heterocycles. The Morgan fingerprint density at radius 1 is 1.27 bits per heavy atom. The summed E-state index contributed by atoms with van der Waals surface area (Å²) in [7, 11) is 0. The molecule has 1 saturated heterocycles. The average molecular weight is 304 g/mol. The molecule has 0 atom stereocenters. The predicted molar refractivity (Wildman–Crippen MR) is 78.9 cm³/mol. The normalized spacial score (nSPS) is 16.0. The Kier molecular flexibility index (Phi) is 3.79. The number of para-hydroxylation sites is 1. The minimum atomic E-state index is -1.16. The van der Waals surface area contributed by atoms with Gasteiger partial charge in [-0.1, -0.05) is 19.1 Å². The lowest BCUT2D eigenvalue weighted by Gasteiger charge is -2.30. The van der Waals surface area contributed by atoms with Crippen LogP contribution in [0.2, 0.25) is 0 Å². The molecule has 0 aliphatic carbocycles.